The first-order valence-corrected chi connectivity index (χ1v) is 9.72. The Kier molecular flexibility index (Phi) is 4.08. The van der Waals surface area contributed by atoms with Crippen molar-refractivity contribution in [1.29, 1.82) is 0 Å². The molecule has 0 fully saturated rings. The van der Waals surface area contributed by atoms with Crippen molar-refractivity contribution in [2.75, 3.05) is 12.9 Å². The van der Waals surface area contributed by atoms with Crippen LogP contribution in [0.3, 0.4) is 0 Å². The quantitative estimate of drug-likeness (QED) is 0.792. The molecule has 0 spiro atoms. The molecule has 120 valence electrons. The number of hydrogen-bond donors (Lipinski definition) is 0. The van der Waals surface area contributed by atoms with Crippen LogP contribution in [0.2, 0.25) is 0 Å². The van der Waals surface area contributed by atoms with Gasteiger partial charge in [-0.05, 0) is 23.8 Å². The summed E-state index contributed by atoms with van der Waals surface area (Å²) in [4.78, 5) is 12.4. The molecule has 3 rings (SSSR count). The summed E-state index contributed by atoms with van der Waals surface area (Å²) in [6.07, 6.45) is 0. The number of rotatable bonds is 3. The van der Waals surface area contributed by atoms with Gasteiger partial charge in [0.1, 0.15) is 0 Å². The standard InChI is InChI=1S/C16H14O5S2/c1-21-16(17)12-7-2-4-8-13(12)22(18)14-10-23(19,20)15-9-5-3-6-11(14)15/h2-9,14H,10H2,1H3. The van der Waals surface area contributed by atoms with Crippen molar-refractivity contribution in [3.8, 4) is 0 Å². The maximum Gasteiger partial charge on any atom is 0.339 e. The highest BCUT2D eigenvalue weighted by atomic mass is 32.2. The van der Waals surface area contributed by atoms with Gasteiger partial charge in [0, 0.05) is 0 Å². The summed E-state index contributed by atoms with van der Waals surface area (Å²) in [5.74, 6) is -0.822. The molecule has 7 heteroatoms. The van der Waals surface area contributed by atoms with E-state index in [9.17, 15) is 17.4 Å². The van der Waals surface area contributed by atoms with Gasteiger partial charge in [0.25, 0.3) is 0 Å². The molecular formula is C16H14O5S2. The number of carbonyl (C=O) groups excluding carboxylic acids is 1. The summed E-state index contributed by atoms with van der Waals surface area (Å²) >= 11 is 0. The lowest BCUT2D eigenvalue weighted by Gasteiger charge is -2.13. The summed E-state index contributed by atoms with van der Waals surface area (Å²) in [7, 11) is -3.89. The molecule has 1 aliphatic heterocycles. The number of fused-ring (bicyclic) bond motifs is 1. The van der Waals surface area contributed by atoms with Gasteiger partial charge in [-0.2, -0.15) is 0 Å². The van der Waals surface area contributed by atoms with Crippen molar-refractivity contribution < 1.29 is 22.2 Å². The van der Waals surface area contributed by atoms with Gasteiger partial charge in [-0.25, -0.2) is 13.2 Å². The van der Waals surface area contributed by atoms with E-state index < -0.39 is 31.9 Å². The highest BCUT2D eigenvalue weighted by molar-refractivity contribution is 7.94. The average Bonchev–Trinajstić information content (AvgIpc) is 2.85. The van der Waals surface area contributed by atoms with E-state index in [2.05, 4.69) is 0 Å². The average molecular weight is 350 g/mol. The molecule has 0 aliphatic carbocycles. The van der Waals surface area contributed by atoms with Gasteiger partial charge in [0.15, 0.2) is 9.84 Å². The van der Waals surface area contributed by atoms with E-state index in [0.29, 0.717) is 5.56 Å². The number of esters is 1. The van der Waals surface area contributed by atoms with Crippen molar-refractivity contribution in [2.45, 2.75) is 15.0 Å². The van der Waals surface area contributed by atoms with E-state index >= 15 is 0 Å². The highest BCUT2D eigenvalue weighted by Gasteiger charge is 2.39. The Balaban J connectivity index is 2.09. The Bertz CT molecular complexity index is 902. The van der Waals surface area contributed by atoms with Crippen molar-refractivity contribution in [3.05, 3.63) is 59.7 Å². The first-order valence-electron chi connectivity index (χ1n) is 6.85. The number of carbonyl (C=O) groups is 1. The molecule has 0 N–H and O–H groups in total. The van der Waals surface area contributed by atoms with Gasteiger partial charge >= 0.3 is 5.97 Å². The zero-order chi connectivity index (χ0) is 16.6. The molecule has 0 amide bonds. The van der Waals surface area contributed by atoms with Crippen LogP contribution in [0.15, 0.2) is 58.3 Å². The highest BCUT2D eigenvalue weighted by Crippen LogP contribution is 2.39. The predicted molar refractivity (Wildman–Crippen MR) is 85.4 cm³/mol. The normalized spacial score (nSPS) is 19.8. The molecule has 2 aromatic rings. The largest absolute Gasteiger partial charge is 0.465 e. The van der Waals surface area contributed by atoms with Crippen LogP contribution in [-0.2, 0) is 25.4 Å². The molecule has 0 saturated heterocycles. The van der Waals surface area contributed by atoms with E-state index in [4.69, 9.17) is 4.74 Å². The van der Waals surface area contributed by atoms with E-state index in [-0.39, 0.29) is 21.1 Å². The van der Waals surface area contributed by atoms with Gasteiger partial charge in [-0.1, -0.05) is 30.3 Å². The van der Waals surface area contributed by atoms with E-state index in [0.717, 1.165) is 0 Å². The molecule has 2 aromatic carbocycles. The second-order valence-corrected chi connectivity index (χ2v) is 8.70. The summed E-state index contributed by atoms with van der Waals surface area (Å²) in [6, 6.07) is 12.9. The molecular weight excluding hydrogens is 336 g/mol. The van der Waals surface area contributed by atoms with Crippen molar-refractivity contribution in [1.82, 2.24) is 0 Å². The van der Waals surface area contributed by atoms with Crippen LogP contribution < -0.4 is 0 Å². The molecule has 0 saturated carbocycles. The fourth-order valence-electron chi connectivity index (χ4n) is 2.66. The number of ether oxygens (including phenoxy) is 1. The van der Waals surface area contributed by atoms with Gasteiger partial charge in [-0.3, -0.25) is 4.21 Å². The molecule has 1 heterocycles. The van der Waals surface area contributed by atoms with Crippen LogP contribution in [0.4, 0.5) is 0 Å². The topological polar surface area (TPSA) is 77.5 Å². The van der Waals surface area contributed by atoms with E-state index in [1.807, 2.05) is 0 Å². The lowest BCUT2D eigenvalue weighted by Crippen LogP contribution is -2.13. The molecule has 0 bridgehead atoms. The van der Waals surface area contributed by atoms with Gasteiger partial charge in [-0.15, -0.1) is 0 Å². The van der Waals surface area contributed by atoms with Crippen LogP contribution in [0.25, 0.3) is 0 Å². The maximum atomic E-state index is 13.0. The van der Waals surface area contributed by atoms with Crippen LogP contribution >= 0.6 is 0 Å². The minimum Gasteiger partial charge on any atom is -0.465 e. The maximum absolute atomic E-state index is 13.0. The molecule has 2 atom stereocenters. The number of hydrogen-bond acceptors (Lipinski definition) is 5. The fourth-order valence-corrected chi connectivity index (χ4v) is 6.70. The zero-order valence-corrected chi connectivity index (χ0v) is 13.9. The summed E-state index contributed by atoms with van der Waals surface area (Å²) in [5, 5.41) is -0.693. The van der Waals surface area contributed by atoms with Crippen LogP contribution in [-0.4, -0.2) is 31.5 Å². The number of benzene rings is 2. The number of sulfone groups is 1. The first kappa shape index (κ1) is 15.9. The van der Waals surface area contributed by atoms with Crippen molar-refractivity contribution in [2.24, 2.45) is 0 Å². The molecule has 0 aromatic heterocycles. The smallest absolute Gasteiger partial charge is 0.339 e. The Morgan fingerprint density at radius 2 is 1.78 bits per heavy atom. The molecule has 23 heavy (non-hydrogen) atoms. The predicted octanol–water partition coefficient (Wildman–Crippen LogP) is 2.11. The molecule has 2 unspecified atom stereocenters. The fraction of sp³-hybridized carbons (Fsp3) is 0.188. The summed E-state index contributed by atoms with van der Waals surface area (Å²) < 4.78 is 42.2. The van der Waals surface area contributed by atoms with Gasteiger partial charge in [0.2, 0.25) is 0 Å². The zero-order valence-electron chi connectivity index (χ0n) is 12.3. The monoisotopic (exact) mass is 350 g/mol. The van der Waals surface area contributed by atoms with Crippen LogP contribution in [0, 0.1) is 0 Å². The Labute approximate surface area is 136 Å². The summed E-state index contributed by atoms with van der Waals surface area (Å²) in [5.41, 5.74) is 0.723. The summed E-state index contributed by atoms with van der Waals surface area (Å²) in [6.45, 7) is 0. The van der Waals surface area contributed by atoms with Crippen LogP contribution in [0.5, 0.6) is 0 Å². The Hall–Kier alpha value is -1.99. The third-order valence-corrected chi connectivity index (χ3v) is 7.49. The van der Waals surface area contributed by atoms with E-state index in [1.54, 1.807) is 36.4 Å². The number of methoxy groups -OCH3 is 1. The van der Waals surface area contributed by atoms with E-state index in [1.165, 1.54) is 19.2 Å². The minimum absolute atomic E-state index is 0.190. The molecule has 1 aliphatic rings. The third-order valence-electron chi connectivity index (χ3n) is 3.74. The molecule has 0 radical (unpaired) electrons. The Morgan fingerprint density at radius 3 is 2.52 bits per heavy atom. The second kappa shape index (κ2) is 5.90. The van der Waals surface area contributed by atoms with Crippen molar-refractivity contribution in [3.63, 3.8) is 0 Å². The Morgan fingerprint density at radius 1 is 1.13 bits per heavy atom. The lowest BCUT2D eigenvalue weighted by molar-refractivity contribution is 0.0596. The third kappa shape index (κ3) is 2.70. The SMILES string of the molecule is COC(=O)c1ccccc1S(=O)C1CS(=O)(=O)c2ccccc21. The second-order valence-electron chi connectivity index (χ2n) is 5.09. The lowest BCUT2D eigenvalue weighted by atomic mass is 10.2. The first-order chi connectivity index (χ1) is 11.0. The minimum atomic E-state index is -3.46. The van der Waals surface area contributed by atoms with Gasteiger partial charge in [0.05, 0.1) is 44.3 Å². The molecule has 5 nitrogen and oxygen atoms in total. The van der Waals surface area contributed by atoms with Crippen LogP contribution in [0.1, 0.15) is 21.2 Å². The van der Waals surface area contributed by atoms with Crippen molar-refractivity contribution >= 4 is 26.6 Å². The van der Waals surface area contributed by atoms with Gasteiger partial charge < -0.3 is 4.74 Å².